The van der Waals surface area contributed by atoms with E-state index in [0.717, 1.165) is 12.2 Å². The van der Waals surface area contributed by atoms with Crippen LogP contribution in [0.1, 0.15) is 11.1 Å². The fraction of sp³-hybridized carbons (Fsp3) is 0.571. The molecule has 0 radical (unpaired) electrons. The van der Waals surface area contributed by atoms with Crippen molar-refractivity contribution in [3.05, 3.63) is 29.3 Å². The standard InChI is InChI=1S/C14H21NO4/c1-10-2-3-13-11(4-10)5-12(19-13)6-15-14(7-16,8-17)9-18/h2-4,12,15-18H,5-9H2,1H3. The molecule has 0 spiro atoms. The first-order valence-electron chi connectivity index (χ1n) is 6.46. The van der Waals surface area contributed by atoms with Crippen LogP contribution in [-0.2, 0) is 6.42 Å². The Morgan fingerprint density at radius 3 is 2.58 bits per heavy atom. The number of rotatable bonds is 6. The molecule has 0 saturated carbocycles. The number of benzene rings is 1. The van der Waals surface area contributed by atoms with E-state index >= 15 is 0 Å². The van der Waals surface area contributed by atoms with Gasteiger partial charge in [-0.05, 0) is 18.6 Å². The van der Waals surface area contributed by atoms with Gasteiger partial charge in [-0.15, -0.1) is 0 Å². The minimum atomic E-state index is -1.05. The highest BCUT2D eigenvalue weighted by atomic mass is 16.5. The van der Waals surface area contributed by atoms with Gasteiger partial charge in [0.25, 0.3) is 0 Å². The molecular formula is C14H21NO4. The third kappa shape index (κ3) is 3.06. The maximum atomic E-state index is 9.24. The van der Waals surface area contributed by atoms with Crippen molar-refractivity contribution in [3.8, 4) is 5.75 Å². The first-order valence-corrected chi connectivity index (χ1v) is 6.46. The molecule has 1 unspecified atom stereocenters. The molecule has 5 nitrogen and oxygen atoms in total. The van der Waals surface area contributed by atoms with E-state index in [1.807, 2.05) is 19.1 Å². The zero-order valence-corrected chi connectivity index (χ0v) is 11.1. The van der Waals surface area contributed by atoms with E-state index in [1.54, 1.807) is 0 Å². The maximum absolute atomic E-state index is 9.24. The topological polar surface area (TPSA) is 82.0 Å². The maximum Gasteiger partial charge on any atom is 0.123 e. The van der Waals surface area contributed by atoms with Gasteiger partial charge in [-0.25, -0.2) is 0 Å². The molecule has 0 aromatic heterocycles. The molecule has 0 amide bonds. The Balaban J connectivity index is 1.93. The van der Waals surface area contributed by atoms with Crippen LogP contribution in [-0.4, -0.2) is 53.3 Å². The van der Waals surface area contributed by atoms with Crippen molar-refractivity contribution in [1.29, 1.82) is 0 Å². The van der Waals surface area contributed by atoms with Crippen LogP contribution in [0.15, 0.2) is 18.2 Å². The van der Waals surface area contributed by atoms with Gasteiger partial charge >= 0.3 is 0 Å². The second kappa shape index (κ2) is 5.88. The molecule has 0 fully saturated rings. The number of aliphatic hydroxyl groups is 3. The van der Waals surface area contributed by atoms with Gasteiger partial charge in [-0.1, -0.05) is 17.7 Å². The summed E-state index contributed by atoms with van der Waals surface area (Å²) in [6.45, 7) is 1.55. The van der Waals surface area contributed by atoms with E-state index in [4.69, 9.17) is 4.74 Å². The van der Waals surface area contributed by atoms with Crippen molar-refractivity contribution in [3.63, 3.8) is 0 Å². The zero-order chi connectivity index (χ0) is 13.9. The Labute approximate surface area is 112 Å². The van der Waals surface area contributed by atoms with Gasteiger partial charge in [0.1, 0.15) is 11.9 Å². The molecule has 5 heteroatoms. The fourth-order valence-corrected chi connectivity index (χ4v) is 2.21. The molecule has 19 heavy (non-hydrogen) atoms. The van der Waals surface area contributed by atoms with E-state index in [0.29, 0.717) is 6.54 Å². The van der Waals surface area contributed by atoms with Gasteiger partial charge in [0.2, 0.25) is 0 Å². The lowest BCUT2D eigenvalue weighted by Crippen LogP contribution is -2.57. The fourth-order valence-electron chi connectivity index (χ4n) is 2.21. The smallest absolute Gasteiger partial charge is 0.123 e. The molecular weight excluding hydrogens is 246 g/mol. The van der Waals surface area contributed by atoms with Crippen LogP contribution in [0, 0.1) is 6.92 Å². The number of nitrogens with one attached hydrogen (secondary N) is 1. The molecule has 1 aromatic rings. The highest BCUT2D eigenvalue weighted by molar-refractivity contribution is 5.40. The predicted octanol–water partition coefficient (Wildman–Crippen LogP) is -0.396. The molecule has 1 atom stereocenters. The molecule has 0 aliphatic carbocycles. The van der Waals surface area contributed by atoms with Crippen LogP contribution in [0.25, 0.3) is 0 Å². The summed E-state index contributed by atoms with van der Waals surface area (Å²) in [4.78, 5) is 0. The Hall–Kier alpha value is -1.14. The van der Waals surface area contributed by atoms with E-state index in [2.05, 4.69) is 11.4 Å². The van der Waals surface area contributed by atoms with Gasteiger partial charge in [0.05, 0.1) is 25.4 Å². The second-order valence-electron chi connectivity index (χ2n) is 5.19. The van der Waals surface area contributed by atoms with Crippen molar-refractivity contribution in [2.45, 2.75) is 25.0 Å². The SMILES string of the molecule is Cc1ccc2c(c1)CC(CNC(CO)(CO)CO)O2. The summed E-state index contributed by atoms with van der Waals surface area (Å²) in [7, 11) is 0. The van der Waals surface area contributed by atoms with Crippen LogP contribution >= 0.6 is 0 Å². The van der Waals surface area contributed by atoms with Crippen molar-refractivity contribution in [1.82, 2.24) is 5.32 Å². The average molecular weight is 267 g/mol. The molecule has 1 aliphatic heterocycles. The summed E-state index contributed by atoms with van der Waals surface area (Å²) >= 11 is 0. The lowest BCUT2D eigenvalue weighted by atomic mass is 10.0. The highest BCUT2D eigenvalue weighted by Crippen LogP contribution is 2.29. The largest absolute Gasteiger partial charge is 0.488 e. The molecule has 1 aromatic carbocycles. The van der Waals surface area contributed by atoms with Crippen LogP contribution < -0.4 is 10.1 Å². The molecule has 0 bridgehead atoms. The Morgan fingerprint density at radius 2 is 1.95 bits per heavy atom. The second-order valence-corrected chi connectivity index (χ2v) is 5.19. The summed E-state index contributed by atoms with van der Waals surface area (Å²) < 4.78 is 5.78. The molecule has 1 aliphatic rings. The van der Waals surface area contributed by atoms with Crippen LogP contribution in [0.3, 0.4) is 0 Å². The molecule has 4 N–H and O–H groups in total. The van der Waals surface area contributed by atoms with Crippen LogP contribution in [0.4, 0.5) is 0 Å². The highest BCUT2D eigenvalue weighted by Gasteiger charge is 2.30. The van der Waals surface area contributed by atoms with E-state index in [-0.39, 0.29) is 25.9 Å². The Bertz CT molecular complexity index is 423. The van der Waals surface area contributed by atoms with Crippen molar-refractivity contribution in [2.75, 3.05) is 26.4 Å². The van der Waals surface area contributed by atoms with E-state index in [1.165, 1.54) is 11.1 Å². The number of hydrogen-bond donors (Lipinski definition) is 4. The summed E-state index contributed by atoms with van der Waals surface area (Å²) in [5, 5.41) is 30.7. The van der Waals surface area contributed by atoms with Gasteiger partial charge in [0.15, 0.2) is 0 Å². The predicted molar refractivity (Wildman–Crippen MR) is 71.3 cm³/mol. The van der Waals surface area contributed by atoms with Crippen molar-refractivity contribution < 1.29 is 20.1 Å². The third-order valence-electron chi connectivity index (χ3n) is 3.57. The lowest BCUT2D eigenvalue weighted by molar-refractivity contribution is 0.0361. The van der Waals surface area contributed by atoms with Crippen molar-refractivity contribution in [2.24, 2.45) is 0 Å². The zero-order valence-electron chi connectivity index (χ0n) is 11.1. The van der Waals surface area contributed by atoms with Crippen LogP contribution in [0.2, 0.25) is 0 Å². The monoisotopic (exact) mass is 267 g/mol. The Morgan fingerprint density at radius 1 is 1.26 bits per heavy atom. The molecule has 2 rings (SSSR count). The van der Waals surface area contributed by atoms with Gasteiger partial charge < -0.3 is 25.4 Å². The quantitative estimate of drug-likeness (QED) is 0.564. The normalized spacial score (nSPS) is 18.2. The van der Waals surface area contributed by atoms with Gasteiger partial charge in [-0.2, -0.15) is 0 Å². The van der Waals surface area contributed by atoms with Gasteiger partial charge in [0, 0.05) is 13.0 Å². The van der Waals surface area contributed by atoms with Crippen molar-refractivity contribution >= 4 is 0 Å². The van der Waals surface area contributed by atoms with E-state index in [9.17, 15) is 15.3 Å². The minimum absolute atomic E-state index is 0.0409. The van der Waals surface area contributed by atoms with E-state index < -0.39 is 5.54 Å². The summed E-state index contributed by atoms with van der Waals surface area (Å²) in [6, 6.07) is 6.07. The Kier molecular flexibility index (Phi) is 4.42. The molecule has 106 valence electrons. The summed E-state index contributed by atoms with van der Waals surface area (Å²) in [5.41, 5.74) is 1.33. The number of fused-ring (bicyclic) bond motifs is 1. The third-order valence-corrected chi connectivity index (χ3v) is 3.57. The summed E-state index contributed by atoms with van der Waals surface area (Å²) in [5.74, 6) is 0.889. The lowest BCUT2D eigenvalue weighted by Gasteiger charge is -2.30. The summed E-state index contributed by atoms with van der Waals surface area (Å²) in [6.07, 6.45) is 0.753. The number of aliphatic hydroxyl groups excluding tert-OH is 3. The molecule has 0 saturated heterocycles. The minimum Gasteiger partial charge on any atom is -0.488 e. The molecule has 1 heterocycles. The number of aryl methyl sites for hydroxylation is 1. The van der Waals surface area contributed by atoms with Crippen LogP contribution in [0.5, 0.6) is 5.75 Å². The first-order chi connectivity index (χ1) is 9.12. The first kappa shape index (κ1) is 14.3. The average Bonchev–Trinajstić information content (AvgIpc) is 2.83. The van der Waals surface area contributed by atoms with Gasteiger partial charge in [-0.3, -0.25) is 0 Å². The number of ether oxygens (including phenoxy) is 1. The number of hydrogen-bond acceptors (Lipinski definition) is 5.